The van der Waals surface area contributed by atoms with Gasteiger partial charge in [0.15, 0.2) is 5.11 Å². The number of nitrogens with one attached hydrogen (secondary N) is 2. The average molecular weight is 356 g/mol. The SMILES string of the molecule is CCC/C(=N/NC(=S)NCc1ccccc1)c1cccc([N+](=O)[O-])c1. The number of non-ortho nitro benzene ring substituents is 1. The van der Waals surface area contributed by atoms with Crippen molar-refractivity contribution in [2.75, 3.05) is 0 Å². The predicted molar refractivity (Wildman–Crippen MR) is 104 cm³/mol. The van der Waals surface area contributed by atoms with Crippen molar-refractivity contribution in [3.63, 3.8) is 0 Å². The van der Waals surface area contributed by atoms with Gasteiger partial charge in [0, 0.05) is 24.2 Å². The molecule has 0 amide bonds. The van der Waals surface area contributed by atoms with Gasteiger partial charge in [-0.15, -0.1) is 0 Å². The first-order valence-corrected chi connectivity index (χ1v) is 8.40. The fourth-order valence-corrected chi connectivity index (χ4v) is 2.35. The van der Waals surface area contributed by atoms with Crippen LogP contribution in [-0.2, 0) is 6.54 Å². The summed E-state index contributed by atoms with van der Waals surface area (Å²) in [5.74, 6) is 0. The van der Waals surface area contributed by atoms with Gasteiger partial charge in [0.05, 0.1) is 10.6 Å². The highest BCUT2D eigenvalue weighted by Gasteiger charge is 2.10. The molecule has 0 radical (unpaired) electrons. The van der Waals surface area contributed by atoms with Crippen LogP contribution in [0.1, 0.15) is 30.9 Å². The van der Waals surface area contributed by atoms with E-state index < -0.39 is 4.92 Å². The van der Waals surface area contributed by atoms with E-state index in [9.17, 15) is 10.1 Å². The number of hydrogen-bond donors (Lipinski definition) is 2. The molecule has 0 spiro atoms. The zero-order chi connectivity index (χ0) is 18.1. The molecule has 130 valence electrons. The zero-order valence-corrected chi connectivity index (χ0v) is 14.8. The molecule has 0 heterocycles. The Morgan fingerprint density at radius 3 is 2.64 bits per heavy atom. The molecule has 0 fully saturated rings. The van der Waals surface area contributed by atoms with Gasteiger partial charge in [0.2, 0.25) is 0 Å². The number of rotatable bonds is 7. The van der Waals surface area contributed by atoms with E-state index in [4.69, 9.17) is 12.2 Å². The second kappa shape index (κ2) is 9.48. The van der Waals surface area contributed by atoms with Gasteiger partial charge in [-0.2, -0.15) is 5.10 Å². The third-order valence-electron chi connectivity index (χ3n) is 3.47. The number of benzene rings is 2. The van der Waals surface area contributed by atoms with Crippen molar-refractivity contribution in [3.05, 3.63) is 75.8 Å². The van der Waals surface area contributed by atoms with E-state index in [0.29, 0.717) is 18.1 Å². The molecule has 25 heavy (non-hydrogen) atoms. The summed E-state index contributed by atoms with van der Waals surface area (Å²) in [6, 6.07) is 16.4. The summed E-state index contributed by atoms with van der Waals surface area (Å²) in [5.41, 5.74) is 5.43. The van der Waals surface area contributed by atoms with Crippen molar-refractivity contribution in [1.29, 1.82) is 0 Å². The van der Waals surface area contributed by atoms with Crippen LogP contribution in [-0.4, -0.2) is 15.7 Å². The molecule has 0 aliphatic rings. The third kappa shape index (κ3) is 5.96. The molecular formula is C18H20N4O2S. The summed E-state index contributed by atoms with van der Waals surface area (Å²) in [6.45, 7) is 2.63. The molecule has 0 atom stereocenters. The predicted octanol–water partition coefficient (Wildman–Crippen LogP) is 3.76. The van der Waals surface area contributed by atoms with E-state index in [0.717, 1.165) is 23.3 Å². The van der Waals surface area contributed by atoms with Crippen molar-refractivity contribution in [3.8, 4) is 0 Å². The summed E-state index contributed by atoms with van der Waals surface area (Å²) < 4.78 is 0. The monoisotopic (exact) mass is 356 g/mol. The Kier molecular flexibility index (Phi) is 7.03. The second-order valence-corrected chi connectivity index (χ2v) is 5.80. The van der Waals surface area contributed by atoms with Crippen LogP contribution < -0.4 is 10.7 Å². The molecule has 6 nitrogen and oxygen atoms in total. The molecule has 7 heteroatoms. The summed E-state index contributed by atoms with van der Waals surface area (Å²) in [4.78, 5) is 10.5. The lowest BCUT2D eigenvalue weighted by molar-refractivity contribution is -0.384. The number of hydrazone groups is 1. The molecule has 2 aromatic rings. The lowest BCUT2D eigenvalue weighted by Crippen LogP contribution is -2.32. The summed E-state index contributed by atoms with van der Waals surface area (Å²) in [5, 5.41) is 18.8. The second-order valence-electron chi connectivity index (χ2n) is 5.40. The van der Waals surface area contributed by atoms with Gasteiger partial charge in [-0.1, -0.05) is 55.8 Å². The average Bonchev–Trinajstić information content (AvgIpc) is 2.64. The molecule has 2 N–H and O–H groups in total. The molecule has 0 aliphatic heterocycles. The van der Waals surface area contributed by atoms with Crippen LogP contribution in [0.2, 0.25) is 0 Å². The Labute approximate surface area is 152 Å². The number of hydrogen-bond acceptors (Lipinski definition) is 4. The Bertz CT molecular complexity index is 763. The van der Waals surface area contributed by atoms with Crippen LogP contribution in [0.5, 0.6) is 0 Å². The minimum absolute atomic E-state index is 0.0473. The molecule has 0 bridgehead atoms. The van der Waals surface area contributed by atoms with Crippen molar-refractivity contribution in [2.45, 2.75) is 26.3 Å². The van der Waals surface area contributed by atoms with Crippen LogP contribution in [0.4, 0.5) is 5.69 Å². The first-order chi connectivity index (χ1) is 12.1. The largest absolute Gasteiger partial charge is 0.357 e. The molecule has 0 saturated carbocycles. The van der Waals surface area contributed by atoms with E-state index in [1.54, 1.807) is 6.07 Å². The Hall–Kier alpha value is -2.80. The van der Waals surface area contributed by atoms with Gasteiger partial charge in [-0.25, -0.2) is 0 Å². The number of thiocarbonyl (C=S) groups is 1. The molecular weight excluding hydrogens is 336 g/mol. The molecule has 0 unspecified atom stereocenters. The standard InChI is InChI=1S/C18H20N4O2S/c1-2-7-17(15-10-6-11-16(12-15)22(23)24)20-21-18(25)19-13-14-8-4-3-5-9-14/h3-6,8-12H,2,7,13H2,1H3,(H2,19,21,25)/b20-17-. The van der Waals surface area contributed by atoms with E-state index in [2.05, 4.69) is 15.8 Å². The number of nitrogens with zero attached hydrogens (tertiary/aromatic N) is 2. The number of nitro benzene ring substituents is 1. The van der Waals surface area contributed by atoms with E-state index >= 15 is 0 Å². The maximum atomic E-state index is 10.9. The fourth-order valence-electron chi connectivity index (χ4n) is 2.24. The topological polar surface area (TPSA) is 79.6 Å². The van der Waals surface area contributed by atoms with Crippen molar-refractivity contribution < 1.29 is 4.92 Å². The molecule has 0 aromatic heterocycles. The van der Waals surface area contributed by atoms with Crippen LogP contribution >= 0.6 is 12.2 Å². The van der Waals surface area contributed by atoms with E-state index in [-0.39, 0.29) is 5.69 Å². The first-order valence-electron chi connectivity index (χ1n) is 7.99. The summed E-state index contributed by atoms with van der Waals surface area (Å²) in [6.07, 6.45) is 1.56. The minimum atomic E-state index is -0.410. The van der Waals surface area contributed by atoms with Crippen LogP contribution in [0.15, 0.2) is 59.7 Å². The Morgan fingerprint density at radius 2 is 1.96 bits per heavy atom. The maximum Gasteiger partial charge on any atom is 0.270 e. The lowest BCUT2D eigenvalue weighted by Gasteiger charge is -2.10. The van der Waals surface area contributed by atoms with Crippen molar-refractivity contribution >= 4 is 28.7 Å². The van der Waals surface area contributed by atoms with Crippen LogP contribution in [0, 0.1) is 10.1 Å². The highest BCUT2D eigenvalue weighted by molar-refractivity contribution is 7.80. The quantitative estimate of drug-likeness (QED) is 0.342. The van der Waals surface area contributed by atoms with Gasteiger partial charge < -0.3 is 5.32 Å². The maximum absolute atomic E-state index is 10.9. The first kappa shape index (κ1) is 18.5. The third-order valence-corrected chi connectivity index (χ3v) is 3.70. The summed E-state index contributed by atoms with van der Waals surface area (Å²) in [7, 11) is 0. The van der Waals surface area contributed by atoms with E-state index in [1.807, 2.05) is 43.3 Å². The highest BCUT2D eigenvalue weighted by atomic mass is 32.1. The highest BCUT2D eigenvalue weighted by Crippen LogP contribution is 2.15. The van der Waals surface area contributed by atoms with Crippen LogP contribution in [0.3, 0.4) is 0 Å². The minimum Gasteiger partial charge on any atom is -0.357 e. The van der Waals surface area contributed by atoms with Gasteiger partial charge in [0.1, 0.15) is 0 Å². The van der Waals surface area contributed by atoms with Crippen molar-refractivity contribution in [2.24, 2.45) is 5.10 Å². The van der Waals surface area contributed by atoms with Gasteiger partial charge in [0.25, 0.3) is 5.69 Å². The summed E-state index contributed by atoms with van der Waals surface area (Å²) >= 11 is 5.24. The van der Waals surface area contributed by atoms with Gasteiger partial charge in [-0.3, -0.25) is 15.5 Å². The normalized spacial score (nSPS) is 11.0. The van der Waals surface area contributed by atoms with Crippen molar-refractivity contribution in [1.82, 2.24) is 10.7 Å². The molecule has 2 rings (SSSR count). The van der Waals surface area contributed by atoms with Crippen LogP contribution in [0.25, 0.3) is 0 Å². The Morgan fingerprint density at radius 1 is 1.20 bits per heavy atom. The smallest absolute Gasteiger partial charge is 0.270 e. The molecule has 0 saturated heterocycles. The van der Waals surface area contributed by atoms with E-state index in [1.165, 1.54) is 12.1 Å². The lowest BCUT2D eigenvalue weighted by atomic mass is 10.1. The molecule has 2 aromatic carbocycles. The van der Waals surface area contributed by atoms with Gasteiger partial charge in [-0.05, 0) is 24.2 Å². The fraction of sp³-hybridized carbons (Fsp3) is 0.222. The molecule has 0 aliphatic carbocycles. The van der Waals surface area contributed by atoms with Gasteiger partial charge >= 0.3 is 0 Å². The zero-order valence-electron chi connectivity index (χ0n) is 13.9. The Balaban J connectivity index is 2.02. The number of nitro groups is 1.